The van der Waals surface area contributed by atoms with E-state index < -0.39 is 0 Å². The molecular formula is C9H21N. The number of hydrogen-bond acceptors (Lipinski definition) is 1. The molecule has 1 atom stereocenters. The quantitative estimate of drug-likeness (QED) is 0.588. The first-order valence-electron chi connectivity index (χ1n) is 4.44. The normalized spacial score (nSPS) is 14.1. The minimum absolute atomic E-state index is 0.423. The second kappa shape index (κ2) is 5.72. The molecule has 0 bridgehead atoms. The largest absolute Gasteiger partial charge is 0.327 e. The highest BCUT2D eigenvalue weighted by atomic mass is 14.6. The van der Waals surface area contributed by atoms with Gasteiger partial charge in [0, 0.05) is 6.04 Å². The van der Waals surface area contributed by atoms with Crippen LogP contribution in [0.1, 0.15) is 46.5 Å². The minimum Gasteiger partial charge on any atom is -0.327 e. The highest BCUT2D eigenvalue weighted by Crippen LogP contribution is 2.08. The van der Waals surface area contributed by atoms with Gasteiger partial charge in [-0.3, -0.25) is 0 Å². The van der Waals surface area contributed by atoms with E-state index in [-0.39, 0.29) is 0 Å². The van der Waals surface area contributed by atoms with E-state index in [0.717, 1.165) is 0 Å². The molecule has 2 N–H and O–H groups in total. The molecule has 0 amide bonds. The molecule has 10 heavy (non-hydrogen) atoms. The van der Waals surface area contributed by atoms with Crippen molar-refractivity contribution in [2.45, 2.75) is 52.5 Å². The molecule has 0 saturated carbocycles. The molecule has 0 aliphatic carbocycles. The number of rotatable bonds is 5. The van der Waals surface area contributed by atoms with Crippen molar-refractivity contribution in [3.63, 3.8) is 0 Å². The lowest BCUT2D eigenvalue weighted by Gasteiger charge is -2.14. The summed E-state index contributed by atoms with van der Waals surface area (Å²) < 4.78 is 0. The van der Waals surface area contributed by atoms with Crippen molar-refractivity contribution in [2.24, 2.45) is 11.7 Å². The summed E-state index contributed by atoms with van der Waals surface area (Å²) in [5.41, 5.74) is 5.86. The molecule has 0 aromatic carbocycles. The molecule has 0 aliphatic heterocycles. The van der Waals surface area contributed by atoms with Gasteiger partial charge in [0.25, 0.3) is 0 Å². The summed E-state index contributed by atoms with van der Waals surface area (Å²) in [6, 6.07) is 0.423. The Labute approximate surface area is 65.0 Å². The van der Waals surface area contributed by atoms with Crippen molar-refractivity contribution in [3.05, 3.63) is 0 Å². The molecule has 0 aromatic rings. The lowest BCUT2D eigenvalue weighted by molar-refractivity contribution is 0.444. The summed E-state index contributed by atoms with van der Waals surface area (Å²) in [6.07, 6.45) is 5.13. The Hall–Kier alpha value is -0.0400. The van der Waals surface area contributed by atoms with E-state index in [9.17, 15) is 0 Å². The summed E-state index contributed by atoms with van der Waals surface area (Å²) in [5, 5.41) is 0. The second-order valence-corrected chi connectivity index (χ2v) is 3.40. The Kier molecular flexibility index (Phi) is 5.70. The summed E-state index contributed by atoms with van der Waals surface area (Å²) in [7, 11) is 0. The van der Waals surface area contributed by atoms with Gasteiger partial charge in [-0.2, -0.15) is 0 Å². The van der Waals surface area contributed by atoms with Gasteiger partial charge in [-0.25, -0.2) is 0 Å². The second-order valence-electron chi connectivity index (χ2n) is 3.40. The van der Waals surface area contributed by atoms with Gasteiger partial charge in [0.1, 0.15) is 0 Å². The van der Waals surface area contributed by atoms with Gasteiger partial charge >= 0.3 is 0 Å². The van der Waals surface area contributed by atoms with E-state index in [0.29, 0.717) is 12.0 Å². The lowest BCUT2D eigenvalue weighted by atomic mass is 9.99. The van der Waals surface area contributed by atoms with Crippen LogP contribution in [0, 0.1) is 5.92 Å². The molecule has 0 fully saturated rings. The van der Waals surface area contributed by atoms with Crippen molar-refractivity contribution in [2.75, 3.05) is 0 Å². The molecule has 0 radical (unpaired) electrons. The zero-order valence-corrected chi connectivity index (χ0v) is 7.56. The molecule has 0 heterocycles. The molecule has 1 heteroatoms. The maximum atomic E-state index is 5.86. The first-order valence-corrected chi connectivity index (χ1v) is 4.44. The zero-order chi connectivity index (χ0) is 7.98. The van der Waals surface area contributed by atoms with Crippen LogP contribution in [0.3, 0.4) is 0 Å². The topological polar surface area (TPSA) is 26.0 Å². The molecule has 0 spiro atoms. The molecule has 0 aromatic heterocycles. The minimum atomic E-state index is 0.423. The maximum absolute atomic E-state index is 5.86. The van der Waals surface area contributed by atoms with Crippen molar-refractivity contribution in [1.82, 2.24) is 0 Å². The Bertz CT molecular complexity index is 69.1. The van der Waals surface area contributed by atoms with Crippen LogP contribution in [0.4, 0.5) is 0 Å². The van der Waals surface area contributed by atoms with E-state index >= 15 is 0 Å². The predicted molar refractivity (Wildman–Crippen MR) is 47.0 cm³/mol. The molecule has 0 unspecified atom stereocenters. The number of unbranched alkanes of at least 4 members (excludes halogenated alkanes) is 2. The zero-order valence-electron chi connectivity index (χ0n) is 7.56. The molecule has 62 valence electrons. The summed E-state index contributed by atoms with van der Waals surface area (Å²) in [6.45, 7) is 6.61. The number of nitrogens with two attached hydrogens (primary N) is 1. The van der Waals surface area contributed by atoms with Crippen molar-refractivity contribution < 1.29 is 0 Å². The van der Waals surface area contributed by atoms with Crippen LogP contribution in [0.15, 0.2) is 0 Å². The van der Waals surface area contributed by atoms with Gasteiger partial charge < -0.3 is 5.73 Å². The highest BCUT2D eigenvalue weighted by Gasteiger charge is 2.05. The Morgan fingerprint density at radius 1 is 1.20 bits per heavy atom. The first-order chi connectivity index (χ1) is 4.68. The van der Waals surface area contributed by atoms with E-state index in [1.54, 1.807) is 0 Å². The lowest BCUT2D eigenvalue weighted by Crippen LogP contribution is -2.25. The Morgan fingerprint density at radius 2 is 1.80 bits per heavy atom. The van der Waals surface area contributed by atoms with Crippen molar-refractivity contribution >= 4 is 0 Å². The fourth-order valence-corrected chi connectivity index (χ4v) is 0.963. The Balaban J connectivity index is 3.13. The van der Waals surface area contributed by atoms with Gasteiger partial charge in [-0.1, -0.05) is 40.0 Å². The standard InChI is InChI=1S/C9H21N/c1-4-5-6-7-9(10)8(2)3/h8-9H,4-7,10H2,1-3H3/t9-/m0/s1. The van der Waals surface area contributed by atoms with Crippen molar-refractivity contribution in [1.29, 1.82) is 0 Å². The maximum Gasteiger partial charge on any atom is 0.00618 e. The van der Waals surface area contributed by atoms with Gasteiger partial charge in [0.05, 0.1) is 0 Å². The molecule has 0 aliphatic rings. The van der Waals surface area contributed by atoms with E-state index in [1.165, 1.54) is 25.7 Å². The van der Waals surface area contributed by atoms with E-state index in [4.69, 9.17) is 5.73 Å². The smallest absolute Gasteiger partial charge is 0.00618 e. The van der Waals surface area contributed by atoms with E-state index in [2.05, 4.69) is 20.8 Å². The van der Waals surface area contributed by atoms with Crippen LogP contribution in [-0.4, -0.2) is 6.04 Å². The van der Waals surface area contributed by atoms with Gasteiger partial charge in [0.2, 0.25) is 0 Å². The van der Waals surface area contributed by atoms with Crippen LogP contribution in [0.5, 0.6) is 0 Å². The van der Waals surface area contributed by atoms with E-state index in [1.807, 2.05) is 0 Å². The molecule has 0 rings (SSSR count). The fraction of sp³-hybridized carbons (Fsp3) is 1.00. The van der Waals surface area contributed by atoms with Crippen LogP contribution in [0.25, 0.3) is 0 Å². The summed E-state index contributed by atoms with van der Waals surface area (Å²) >= 11 is 0. The first kappa shape index (κ1) is 9.96. The fourth-order valence-electron chi connectivity index (χ4n) is 0.963. The summed E-state index contributed by atoms with van der Waals surface area (Å²) in [4.78, 5) is 0. The average molecular weight is 143 g/mol. The third-order valence-corrected chi connectivity index (χ3v) is 2.00. The van der Waals surface area contributed by atoms with Gasteiger partial charge in [-0.05, 0) is 12.3 Å². The average Bonchev–Trinajstić information content (AvgIpc) is 1.88. The van der Waals surface area contributed by atoms with Crippen LogP contribution in [-0.2, 0) is 0 Å². The van der Waals surface area contributed by atoms with Crippen LogP contribution < -0.4 is 5.73 Å². The van der Waals surface area contributed by atoms with Gasteiger partial charge in [0.15, 0.2) is 0 Å². The van der Waals surface area contributed by atoms with Crippen LogP contribution >= 0.6 is 0 Å². The van der Waals surface area contributed by atoms with Crippen LogP contribution in [0.2, 0.25) is 0 Å². The van der Waals surface area contributed by atoms with Crippen molar-refractivity contribution in [3.8, 4) is 0 Å². The Morgan fingerprint density at radius 3 is 2.20 bits per heavy atom. The molecular weight excluding hydrogens is 122 g/mol. The molecule has 1 nitrogen and oxygen atoms in total. The predicted octanol–water partition coefficient (Wildman–Crippen LogP) is 2.55. The SMILES string of the molecule is CCCCC[C@H](N)C(C)C. The third-order valence-electron chi connectivity index (χ3n) is 2.00. The summed E-state index contributed by atoms with van der Waals surface area (Å²) in [5.74, 6) is 0.650. The highest BCUT2D eigenvalue weighted by molar-refractivity contribution is 4.64. The third kappa shape index (κ3) is 4.80. The number of hydrogen-bond donors (Lipinski definition) is 1. The monoisotopic (exact) mass is 143 g/mol. The van der Waals surface area contributed by atoms with Gasteiger partial charge in [-0.15, -0.1) is 0 Å². The molecule has 0 saturated heterocycles.